The maximum Gasteiger partial charge on any atom is 0.258 e. The Kier molecular flexibility index (Phi) is 5.77. The maximum absolute atomic E-state index is 12.0. The number of ether oxygens (including phenoxy) is 1. The van der Waals surface area contributed by atoms with Gasteiger partial charge in [-0.05, 0) is 37.6 Å². The van der Waals surface area contributed by atoms with Gasteiger partial charge in [0.05, 0.1) is 11.6 Å². The summed E-state index contributed by atoms with van der Waals surface area (Å²) in [7, 11) is 0. The molecule has 0 aliphatic rings. The zero-order chi connectivity index (χ0) is 16.8. The van der Waals surface area contributed by atoms with E-state index in [2.05, 4.69) is 5.32 Å². The largest absolute Gasteiger partial charge is 0.483 e. The van der Waals surface area contributed by atoms with Crippen LogP contribution in [0.1, 0.15) is 35.8 Å². The van der Waals surface area contributed by atoms with Crippen molar-refractivity contribution < 1.29 is 14.3 Å². The van der Waals surface area contributed by atoms with Crippen LogP contribution < -0.4 is 10.1 Å². The summed E-state index contributed by atoms with van der Waals surface area (Å²) >= 11 is 5.87. The third-order valence-corrected chi connectivity index (χ3v) is 3.59. The van der Waals surface area contributed by atoms with Crippen LogP contribution in [-0.2, 0) is 4.79 Å². The van der Waals surface area contributed by atoms with Gasteiger partial charge in [0.1, 0.15) is 5.75 Å². The minimum atomic E-state index is -0.259. The van der Waals surface area contributed by atoms with E-state index in [-0.39, 0.29) is 24.3 Å². The fourth-order valence-corrected chi connectivity index (χ4v) is 2.33. The van der Waals surface area contributed by atoms with Crippen molar-refractivity contribution >= 4 is 23.3 Å². The maximum atomic E-state index is 12.0. The molecular formula is C18H18ClNO3. The van der Waals surface area contributed by atoms with E-state index < -0.39 is 0 Å². The van der Waals surface area contributed by atoms with Gasteiger partial charge < -0.3 is 10.1 Å². The molecule has 4 nitrogen and oxygen atoms in total. The predicted molar refractivity (Wildman–Crippen MR) is 90.0 cm³/mol. The van der Waals surface area contributed by atoms with Gasteiger partial charge in [-0.15, -0.1) is 0 Å². The zero-order valence-electron chi connectivity index (χ0n) is 13.0. The minimum Gasteiger partial charge on any atom is -0.483 e. The Morgan fingerprint density at radius 2 is 1.87 bits per heavy atom. The van der Waals surface area contributed by atoms with E-state index in [4.69, 9.17) is 16.3 Å². The Balaban J connectivity index is 1.96. The van der Waals surface area contributed by atoms with Crippen LogP contribution >= 0.6 is 11.6 Å². The molecule has 5 heteroatoms. The van der Waals surface area contributed by atoms with Gasteiger partial charge in [-0.3, -0.25) is 9.59 Å². The molecule has 0 fully saturated rings. The number of carbonyl (C=O) groups excluding carboxylic acids is 2. The standard InChI is InChI=1S/C18H18ClNO3/c1-12(14-6-4-3-5-7-14)20-18(22)11-23-17-9-8-15(19)10-16(17)13(2)21/h3-10,12H,11H2,1-2H3,(H,20,22). The van der Waals surface area contributed by atoms with E-state index in [1.54, 1.807) is 12.1 Å². The lowest BCUT2D eigenvalue weighted by molar-refractivity contribution is -0.123. The summed E-state index contributed by atoms with van der Waals surface area (Å²) in [6, 6.07) is 14.3. The number of carbonyl (C=O) groups is 2. The van der Waals surface area contributed by atoms with E-state index in [1.165, 1.54) is 13.0 Å². The van der Waals surface area contributed by atoms with E-state index in [0.29, 0.717) is 16.3 Å². The van der Waals surface area contributed by atoms with Gasteiger partial charge in [-0.25, -0.2) is 0 Å². The quantitative estimate of drug-likeness (QED) is 0.819. The Labute approximate surface area is 140 Å². The van der Waals surface area contributed by atoms with Gasteiger partial charge in [0, 0.05) is 5.02 Å². The molecule has 120 valence electrons. The van der Waals surface area contributed by atoms with Crippen molar-refractivity contribution in [3.8, 4) is 5.75 Å². The van der Waals surface area contributed by atoms with Crippen LogP contribution in [0.25, 0.3) is 0 Å². The highest BCUT2D eigenvalue weighted by atomic mass is 35.5. The number of Topliss-reactive ketones (excluding diaryl/α,β-unsaturated/α-hetero) is 1. The lowest BCUT2D eigenvalue weighted by atomic mass is 10.1. The van der Waals surface area contributed by atoms with Crippen molar-refractivity contribution in [1.29, 1.82) is 0 Å². The molecule has 1 amide bonds. The number of nitrogens with one attached hydrogen (secondary N) is 1. The zero-order valence-corrected chi connectivity index (χ0v) is 13.8. The van der Waals surface area contributed by atoms with Crippen molar-refractivity contribution in [3.05, 3.63) is 64.7 Å². The number of benzene rings is 2. The van der Waals surface area contributed by atoms with Gasteiger partial charge in [0.15, 0.2) is 12.4 Å². The van der Waals surface area contributed by atoms with Crippen LogP contribution in [-0.4, -0.2) is 18.3 Å². The molecule has 0 aliphatic heterocycles. The molecule has 0 radical (unpaired) electrons. The molecule has 1 unspecified atom stereocenters. The normalized spacial score (nSPS) is 11.6. The number of ketones is 1. The lowest BCUT2D eigenvalue weighted by Gasteiger charge is -2.15. The number of halogens is 1. The second kappa shape index (κ2) is 7.79. The third kappa shape index (κ3) is 4.83. The first-order chi connectivity index (χ1) is 11.0. The fourth-order valence-electron chi connectivity index (χ4n) is 2.15. The molecule has 0 saturated carbocycles. The molecule has 0 aliphatic carbocycles. The number of hydrogen-bond acceptors (Lipinski definition) is 3. The van der Waals surface area contributed by atoms with Gasteiger partial charge >= 0.3 is 0 Å². The SMILES string of the molecule is CC(=O)c1cc(Cl)ccc1OCC(=O)NC(C)c1ccccc1. The third-order valence-electron chi connectivity index (χ3n) is 3.36. The molecule has 2 aromatic rings. The molecule has 1 atom stereocenters. The summed E-state index contributed by atoms with van der Waals surface area (Å²) in [6.07, 6.45) is 0. The van der Waals surface area contributed by atoms with Gasteiger partial charge in [-0.2, -0.15) is 0 Å². The topological polar surface area (TPSA) is 55.4 Å². The van der Waals surface area contributed by atoms with E-state index >= 15 is 0 Å². The van der Waals surface area contributed by atoms with E-state index in [0.717, 1.165) is 5.56 Å². The van der Waals surface area contributed by atoms with Crippen LogP contribution in [0.3, 0.4) is 0 Å². The lowest BCUT2D eigenvalue weighted by Crippen LogP contribution is -2.31. The summed E-state index contributed by atoms with van der Waals surface area (Å²) in [5, 5.41) is 3.30. The molecule has 23 heavy (non-hydrogen) atoms. The Morgan fingerprint density at radius 1 is 1.17 bits per heavy atom. The van der Waals surface area contributed by atoms with Crippen LogP contribution in [0, 0.1) is 0 Å². The van der Waals surface area contributed by atoms with Crippen LogP contribution in [0.15, 0.2) is 48.5 Å². The molecule has 2 aromatic carbocycles. The van der Waals surface area contributed by atoms with Gasteiger partial charge in [0.2, 0.25) is 0 Å². The summed E-state index contributed by atoms with van der Waals surface area (Å²) < 4.78 is 5.46. The molecule has 0 heterocycles. The number of rotatable bonds is 6. The molecule has 0 saturated heterocycles. The highest BCUT2D eigenvalue weighted by Gasteiger charge is 2.13. The monoisotopic (exact) mass is 331 g/mol. The van der Waals surface area contributed by atoms with Crippen LogP contribution in [0.2, 0.25) is 5.02 Å². The molecule has 0 spiro atoms. The summed E-state index contributed by atoms with van der Waals surface area (Å²) in [5.74, 6) is -0.0734. The second-order valence-corrected chi connectivity index (χ2v) is 5.62. The molecule has 2 rings (SSSR count). The number of hydrogen-bond donors (Lipinski definition) is 1. The van der Waals surface area contributed by atoms with Crippen molar-refractivity contribution in [3.63, 3.8) is 0 Å². The van der Waals surface area contributed by atoms with Crippen molar-refractivity contribution in [2.45, 2.75) is 19.9 Å². The molecular weight excluding hydrogens is 314 g/mol. The summed E-state index contributed by atoms with van der Waals surface area (Å²) in [5.41, 5.74) is 1.37. The Hall–Kier alpha value is -2.33. The Morgan fingerprint density at radius 3 is 2.52 bits per heavy atom. The van der Waals surface area contributed by atoms with E-state index in [1.807, 2.05) is 37.3 Å². The van der Waals surface area contributed by atoms with Gasteiger partial charge in [-0.1, -0.05) is 41.9 Å². The minimum absolute atomic E-state index is 0.121. The van der Waals surface area contributed by atoms with E-state index in [9.17, 15) is 9.59 Å². The Bertz CT molecular complexity index is 701. The van der Waals surface area contributed by atoms with Crippen LogP contribution in [0.5, 0.6) is 5.75 Å². The highest BCUT2D eigenvalue weighted by molar-refractivity contribution is 6.31. The first-order valence-corrected chi connectivity index (χ1v) is 7.62. The predicted octanol–water partition coefficient (Wildman–Crippen LogP) is 3.80. The first-order valence-electron chi connectivity index (χ1n) is 7.25. The summed E-state index contributed by atoms with van der Waals surface area (Å²) in [6.45, 7) is 3.16. The molecule has 1 N–H and O–H groups in total. The first kappa shape index (κ1) is 17.0. The van der Waals surface area contributed by atoms with Crippen molar-refractivity contribution in [2.24, 2.45) is 0 Å². The molecule has 0 aromatic heterocycles. The fraction of sp³-hybridized carbons (Fsp3) is 0.222. The number of amides is 1. The van der Waals surface area contributed by atoms with Crippen LogP contribution in [0.4, 0.5) is 0 Å². The van der Waals surface area contributed by atoms with Crippen molar-refractivity contribution in [1.82, 2.24) is 5.32 Å². The average Bonchev–Trinajstić information content (AvgIpc) is 2.54. The van der Waals surface area contributed by atoms with Gasteiger partial charge in [0.25, 0.3) is 5.91 Å². The smallest absolute Gasteiger partial charge is 0.258 e. The summed E-state index contributed by atoms with van der Waals surface area (Å²) in [4.78, 5) is 23.6. The second-order valence-electron chi connectivity index (χ2n) is 5.19. The van der Waals surface area contributed by atoms with Crippen molar-refractivity contribution in [2.75, 3.05) is 6.61 Å². The average molecular weight is 332 g/mol. The molecule has 0 bridgehead atoms. The highest BCUT2D eigenvalue weighted by Crippen LogP contribution is 2.23.